The minimum Gasteiger partial charge on any atom is -0.367 e. The lowest BCUT2D eigenvalue weighted by atomic mass is 9.95. The van der Waals surface area contributed by atoms with Crippen LogP contribution in [0.4, 0.5) is 11.8 Å². The number of carbonyl (C=O) groups is 1. The van der Waals surface area contributed by atoms with Crippen LogP contribution >= 0.6 is 0 Å². The summed E-state index contributed by atoms with van der Waals surface area (Å²) >= 11 is 0. The summed E-state index contributed by atoms with van der Waals surface area (Å²) in [6.45, 7) is 11.7. The summed E-state index contributed by atoms with van der Waals surface area (Å²) in [7, 11) is 0. The van der Waals surface area contributed by atoms with Gasteiger partial charge in [-0.15, -0.1) is 0 Å². The SMILES string of the molecule is CC(C)CCN1CCC(C(=O)Nc2ncc3ccc(-c4cncc(NC(C)C)n4)cc3n2)CC1. The number of hydrogen-bond donors (Lipinski definition) is 2. The normalized spacial score (nSPS) is 15.2. The molecule has 0 atom stereocenters. The van der Waals surface area contributed by atoms with Gasteiger partial charge in [-0.2, -0.15) is 0 Å². The zero-order valence-corrected chi connectivity index (χ0v) is 20.6. The highest BCUT2D eigenvalue weighted by Gasteiger charge is 2.25. The van der Waals surface area contributed by atoms with Gasteiger partial charge in [0.15, 0.2) is 0 Å². The first-order valence-electron chi connectivity index (χ1n) is 12.3. The molecule has 0 saturated carbocycles. The minimum atomic E-state index is 0.00685. The first-order chi connectivity index (χ1) is 16.4. The third-order valence-corrected chi connectivity index (χ3v) is 6.17. The molecule has 8 heteroatoms. The molecule has 1 saturated heterocycles. The van der Waals surface area contributed by atoms with E-state index in [4.69, 9.17) is 0 Å². The molecule has 3 heterocycles. The lowest BCUT2D eigenvalue weighted by Gasteiger charge is -2.31. The summed E-state index contributed by atoms with van der Waals surface area (Å²) in [6, 6.07) is 6.18. The first-order valence-corrected chi connectivity index (χ1v) is 12.3. The number of aromatic nitrogens is 4. The molecule has 2 aromatic heterocycles. The van der Waals surface area contributed by atoms with E-state index in [9.17, 15) is 4.79 Å². The van der Waals surface area contributed by atoms with Crippen molar-refractivity contribution in [1.29, 1.82) is 0 Å². The highest BCUT2D eigenvalue weighted by Crippen LogP contribution is 2.24. The van der Waals surface area contributed by atoms with Gasteiger partial charge < -0.3 is 10.2 Å². The van der Waals surface area contributed by atoms with Crippen LogP contribution in [0.1, 0.15) is 47.0 Å². The van der Waals surface area contributed by atoms with E-state index in [-0.39, 0.29) is 17.9 Å². The molecule has 180 valence electrons. The van der Waals surface area contributed by atoms with Crippen molar-refractivity contribution in [2.75, 3.05) is 30.3 Å². The van der Waals surface area contributed by atoms with Gasteiger partial charge in [-0.1, -0.05) is 26.0 Å². The van der Waals surface area contributed by atoms with Crippen molar-refractivity contribution >= 4 is 28.6 Å². The zero-order chi connectivity index (χ0) is 24.1. The first kappa shape index (κ1) is 24.0. The molecular weight excluding hydrogens is 426 g/mol. The van der Waals surface area contributed by atoms with E-state index in [0.29, 0.717) is 11.9 Å². The van der Waals surface area contributed by atoms with Gasteiger partial charge in [-0.25, -0.2) is 15.0 Å². The van der Waals surface area contributed by atoms with E-state index in [2.05, 4.69) is 63.2 Å². The molecule has 0 spiro atoms. The van der Waals surface area contributed by atoms with Crippen molar-refractivity contribution < 1.29 is 4.79 Å². The number of nitrogens with zero attached hydrogens (tertiary/aromatic N) is 5. The molecule has 0 aliphatic carbocycles. The number of piperidine rings is 1. The van der Waals surface area contributed by atoms with Gasteiger partial charge >= 0.3 is 0 Å². The highest BCUT2D eigenvalue weighted by atomic mass is 16.2. The third-order valence-electron chi connectivity index (χ3n) is 6.17. The Morgan fingerprint density at radius 1 is 1.09 bits per heavy atom. The van der Waals surface area contributed by atoms with E-state index >= 15 is 0 Å². The van der Waals surface area contributed by atoms with Gasteiger partial charge in [0.05, 0.1) is 23.6 Å². The number of anilines is 2. The maximum Gasteiger partial charge on any atom is 0.229 e. The largest absolute Gasteiger partial charge is 0.367 e. The van der Waals surface area contributed by atoms with Gasteiger partial charge in [-0.05, 0) is 64.7 Å². The van der Waals surface area contributed by atoms with E-state index in [1.807, 2.05) is 18.2 Å². The maximum absolute atomic E-state index is 12.9. The number of fused-ring (bicyclic) bond motifs is 1. The van der Waals surface area contributed by atoms with Crippen LogP contribution in [-0.2, 0) is 4.79 Å². The Kier molecular flexibility index (Phi) is 7.67. The average molecular weight is 462 g/mol. The minimum absolute atomic E-state index is 0.00685. The van der Waals surface area contributed by atoms with Crippen LogP contribution < -0.4 is 10.6 Å². The Bertz CT molecular complexity index is 1120. The molecule has 1 fully saturated rings. The highest BCUT2D eigenvalue weighted by molar-refractivity contribution is 5.92. The Morgan fingerprint density at radius 2 is 1.88 bits per heavy atom. The summed E-state index contributed by atoms with van der Waals surface area (Å²) in [6.07, 6.45) is 8.16. The van der Waals surface area contributed by atoms with Crippen LogP contribution in [0.5, 0.6) is 0 Å². The molecule has 1 aliphatic rings. The predicted octanol–water partition coefficient (Wildman–Crippen LogP) is 4.60. The monoisotopic (exact) mass is 461 g/mol. The number of rotatable bonds is 8. The lowest BCUT2D eigenvalue weighted by Crippen LogP contribution is -2.39. The van der Waals surface area contributed by atoms with E-state index in [0.717, 1.165) is 60.5 Å². The topological polar surface area (TPSA) is 95.9 Å². The smallest absolute Gasteiger partial charge is 0.229 e. The van der Waals surface area contributed by atoms with Gasteiger partial charge in [0.25, 0.3) is 0 Å². The van der Waals surface area contributed by atoms with Crippen LogP contribution in [0.2, 0.25) is 0 Å². The second-order valence-electron chi connectivity index (χ2n) is 9.84. The van der Waals surface area contributed by atoms with Crippen LogP contribution in [0, 0.1) is 11.8 Å². The molecule has 3 aromatic rings. The molecular formula is C26H35N7O. The number of likely N-dealkylation sites (tertiary alicyclic amines) is 1. The number of carbonyl (C=O) groups excluding carboxylic acids is 1. The number of hydrogen-bond acceptors (Lipinski definition) is 7. The quantitative estimate of drug-likeness (QED) is 0.506. The Morgan fingerprint density at radius 3 is 2.62 bits per heavy atom. The average Bonchev–Trinajstić information content (AvgIpc) is 2.82. The Hall–Kier alpha value is -3.13. The fourth-order valence-corrected chi connectivity index (χ4v) is 4.19. The summed E-state index contributed by atoms with van der Waals surface area (Å²) in [5, 5.41) is 7.13. The summed E-state index contributed by atoms with van der Waals surface area (Å²) in [4.78, 5) is 33.3. The fraction of sp³-hybridized carbons (Fsp3) is 0.500. The van der Waals surface area contributed by atoms with Crippen LogP contribution in [-0.4, -0.2) is 56.4 Å². The Labute approximate surface area is 201 Å². The van der Waals surface area contributed by atoms with Crippen molar-refractivity contribution in [2.45, 2.75) is 53.0 Å². The second kappa shape index (κ2) is 10.9. The molecule has 1 aromatic carbocycles. The molecule has 0 unspecified atom stereocenters. The van der Waals surface area contributed by atoms with Crippen molar-refractivity contribution in [2.24, 2.45) is 11.8 Å². The van der Waals surface area contributed by atoms with Crippen molar-refractivity contribution in [3.8, 4) is 11.3 Å². The van der Waals surface area contributed by atoms with Gasteiger partial charge in [-0.3, -0.25) is 15.1 Å². The zero-order valence-electron chi connectivity index (χ0n) is 20.6. The number of amides is 1. The van der Waals surface area contributed by atoms with Crippen molar-refractivity contribution in [3.63, 3.8) is 0 Å². The number of nitrogens with one attached hydrogen (secondary N) is 2. The van der Waals surface area contributed by atoms with E-state index in [1.165, 1.54) is 6.42 Å². The summed E-state index contributed by atoms with van der Waals surface area (Å²) in [5.41, 5.74) is 2.44. The molecule has 1 aliphatic heterocycles. The third kappa shape index (κ3) is 6.26. The van der Waals surface area contributed by atoms with Crippen molar-refractivity contribution in [1.82, 2.24) is 24.8 Å². The predicted molar refractivity (Wildman–Crippen MR) is 137 cm³/mol. The van der Waals surface area contributed by atoms with E-state index < -0.39 is 0 Å². The standard InChI is InChI=1S/C26H35N7O/c1-17(2)7-10-33-11-8-19(9-12-33)25(34)32-26-28-14-21-6-5-20(13-22(21)31-26)23-15-27-16-24(30-23)29-18(3)4/h5-6,13-19H,7-12H2,1-4H3,(H,29,30)(H,28,31,32,34). The fourth-order valence-electron chi connectivity index (χ4n) is 4.19. The number of benzene rings is 1. The molecule has 0 radical (unpaired) electrons. The molecule has 2 N–H and O–H groups in total. The molecule has 1 amide bonds. The second-order valence-corrected chi connectivity index (χ2v) is 9.84. The lowest BCUT2D eigenvalue weighted by molar-refractivity contribution is -0.121. The molecule has 8 nitrogen and oxygen atoms in total. The maximum atomic E-state index is 12.9. The molecule has 34 heavy (non-hydrogen) atoms. The summed E-state index contributed by atoms with van der Waals surface area (Å²) < 4.78 is 0. The van der Waals surface area contributed by atoms with Gasteiger partial charge in [0.2, 0.25) is 11.9 Å². The Balaban J connectivity index is 1.43. The van der Waals surface area contributed by atoms with Gasteiger partial charge in [0.1, 0.15) is 5.82 Å². The van der Waals surface area contributed by atoms with Crippen LogP contribution in [0.3, 0.4) is 0 Å². The van der Waals surface area contributed by atoms with E-state index in [1.54, 1.807) is 18.6 Å². The summed E-state index contributed by atoms with van der Waals surface area (Å²) in [5.74, 6) is 1.81. The van der Waals surface area contributed by atoms with Gasteiger partial charge in [0, 0.05) is 29.1 Å². The molecule has 0 bridgehead atoms. The van der Waals surface area contributed by atoms with Crippen LogP contribution in [0.25, 0.3) is 22.2 Å². The van der Waals surface area contributed by atoms with Crippen molar-refractivity contribution in [3.05, 3.63) is 36.8 Å². The van der Waals surface area contributed by atoms with Crippen LogP contribution in [0.15, 0.2) is 36.8 Å². The molecule has 4 rings (SSSR count).